The summed E-state index contributed by atoms with van der Waals surface area (Å²) >= 11 is 3.02. The van der Waals surface area contributed by atoms with Crippen LogP contribution in [0.3, 0.4) is 0 Å². The van der Waals surface area contributed by atoms with Crippen LogP contribution >= 0.6 is 23.5 Å². The van der Waals surface area contributed by atoms with Gasteiger partial charge in [0.1, 0.15) is 10.1 Å². The number of carbonyl (C=O) groups is 1. The third kappa shape index (κ3) is 4.82. The van der Waals surface area contributed by atoms with Gasteiger partial charge in [0.2, 0.25) is 0 Å². The van der Waals surface area contributed by atoms with Crippen molar-refractivity contribution in [1.82, 2.24) is 5.43 Å². The quantitative estimate of drug-likeness (QED) is 0.509. The molecule has 0 aromatic heterocycles. The Morgan fingerprint density at radius 1 is 1.14 bits per heavy atom. The van der Waals surface area contributed by atoms with Crippen LogP contribution in [-0.2, 0) is 5.75 Å². The van der Waals surface area contributed by atoms with Crippen molar-refractivity contribution < 1.29 is 9.90 Å². The number of rotatable bonds is 4. The number of hydrazone groups is 1. The third-order valence-corrected chi connectivity index (χ3v) is 4.89. The van der Waals surface area contributed by atoms with E-state index in [1.807, 2.05) is 36.6 Å². The molecule has 4 nitrogen and oxygen atoms in total. The number of benzene rings is 2. The maximum Gasteiger partial charge on any atom is 0.275 e. The Balaban J connectivity index is 1.95. The number of hydrogen-bond acceptors (Lipinski definition) is 5. The zero-order valence-corrected chi connectivity index (χ0v) is 13.7. The molecular formula is C16H16N2O2S2. The second-order valence-electron chi connectivity index (χ2n) is 4.31. The van der Waals surface area contributed by atoms with Crippen LogP contribution in [0.25, 0.3) is 0 Å². The van der Waals surface area contributed by atoms with Gasteiger partial charge in [0, 0.05) is 5.75 Å². The number of para-hydroxylation sites is 1. The Hall–Kier alpha value is -1.92. The van der Waals surface area contributed by atoms with E-state index in [0.29, 0.717) is 0 Å². The van der Waals surface area contributed by atoms with Crippen LogP contribution < -0.4 is 5.43 Å². The highest BCUT2D eigenvalue weighted by atomic mass is 32.2. The third-order valence-electron chi connectivity index (χ3n) is 2.78. The van der Waals surface area contributed by atoms with E-state index in [1.165, 1.54) is 23.4 Å². The molecule has 2 aromatic carbocycles. The zero-order chi connectivity index (χ0) is 15.8. The van der Waals surface area contributed by atoms with Gasteiger partial charge in [0.25, 0.3) is 5.91 Å². The summed E-state index contributed by atoms with van der Waals surface area (Å²) in [5, 5.41) is 13.7. The Bertz CT molecular complexity index is 660. The minimum Gasteiger partial charge on any atom is -0.507 e. The highest BCUT2D eigenvalue weighted by Gasteiger charge is 2.09. The fourth-order valence-electron chi connectivity index (χ4n) is 1.68. The van der Waals surface area contributed by atoms with Crippen molar-refractivity contribution in [3.8, 4) is 5.75 Å². The van der Waals surface area contributed by atoms with Crippen molar-refractivity contribution in [2.24, 2.45) is 5.10 Å². The van der Waals surface area contributed by atoms with Crippen LogP contribution in [0.4, 0.5) is 0 Å². The summed E-state index contributed by atoms with van der Waals surface area (Å²) < 4.78 is 0.757. The molecule has 22 heavy (non-hydrogen) atoms. The molecular weight excluding hydrogens is 316 g/mol. The number of thioether (sulfide) groups is 2. The highest BCUT2D eigenvalue weighted by molar-refractivity contribution is 8.38. The molecule has 0 aliphatic rings. The first-order valence-electron chi connectivity index (χ1n) is 6.57. The van der Waals surface area contributed by atoms with Gasteiger partial charge >= 0.3 is 0 Å². The summed E-state index contributed by atoms with van der Waals surface area (Å²) in [7, 11) is 0. The Labute approximate surface area is 138 Å². The van der Waals surface area contributed by atoms with Gasteiger partial charge in [0.15, 0.2) is 0 Å². The largest absolute Gasteiger partial charge is 0.507 e. The van der Waals surface area contributed by atoms with Gasteiger partial charge in [0.05, 0.1) is 5.56 Å². The van der Waals surface area contributed by atoms with E-state index in [-0.39, 0.29) is 11.3 Å². The Morgan fingerprint density at radius 3 is 2.50 bits per heavy atom. The van der Waals surface area contributed by atoms with Gasteiger partial charge in [-0.3, -0.25) is 4.79 Å². The molecule has 6 heteroatoms. The van der Waals surface area contributed by atoms with Crippen molar-refractivity contribution in [3.05, 3.63) is 65.7 Å². The van der Waals surface area contributed by atoms with E-state index < -0.39 is 5.91 Å². The van der Waals surface area contributed by atoms with E-state index in [2.05, 4.69) is 10.5 Å². The van der Waals surface area contributed by atoms with E-state index >= 15 is 0 Å². The summed E-state index contributed by atoms with van der Waals surface area (Å²) in [4.78, 5) is 12.0. The van der Waals surface area contributed by atoms with Crippen LogP contribution in [0.1, 0.15) is 15.9 Å². The molecule has 0 fully saturated rings. The zero-order valence-electron chi connectivity index (χ0n) is 12.0. The summed E-state index contributed by atoms with van der Waals surface area (Å²) in [6.45, 7) is 0. The lowest BCUT2D eigenvalue weighted by atomic mass is 10.2. The molecule has 114 valence electrons. The Kier molecular flexibility index (Phi) is 6.36. The SMILES string of the molecule is CS/C(=N/NC(=O)c1ccccc1O)SCc1ccccc1. The molecule has 0 bridgehead atoms. The lowest BCUT2D eigenvalue weighted by Crippen LogP contribution is -2.18. The van der Waals surface area contributed by atoms with E-state index in [0.717, 1.165) is 10.1 Å². The molecule has 2 rings (SSSR count). The van der Waals surface area contributed by atoms with Crippen molar-refractivity contribution >= 4 is 33.8 Å². The van der Waals surface area contributed by atoms with E-state index in [9.17, 15) is 9.90 Å². The van der Waals surface area contributed by atoms with Crippen molar-refractivity contribution in [2.45, 2.75) is 5.75 Å². The van der Waals surface area contributed by atoms with E-state index in [1.54, 1.807) is 30.0 Å². The van der Waals surface area contributed by atoms with Crippen molar-refractivity contribution in [2.75, 3.05) is 6.26 Å². The number of nitrogens with one attached hydrogen (secondary N) is 1. The summed E-state index contributed by atoms with van der Waals surface area (Å²) in [5.74, 6) is 0.301. The maximum absolute atomic E-state index is 12.0. The summed E-state index contributed by atoms with van der Waals surface area (Å²) in [6, 6.07) is 16.4. The van der Waals surface area contributed by atoms with Gasteiger partial charge in [-0.25, -0.2) is 5.43 Å². The minimum absolute atomic E-state index is 0.0576. The second-order valence-corrected chi connectivity index (χ2v) is 6.33. The molecule has 2 N–H and O–H groups in total. The van der Waals surface area contributed by atoms with Gasteiger partial charge in [-0.15, -0.1) is 11.8 Å². The van der Waals surface area contributed by atoms with Crippen molar-refractivity contribution in [1.29, 1.82) is 0 Å². The van der Waals surface area contributed by atoms with Crippen molar-refractivity contribution in [3.63, 3.8) is 0 Å². The van der Waals surface area contributed by atoms with Crippen LogP contribution in [-0.4, -0.2) is 21.6 Å². The summed E-state index contributed by atoms with van der Waals surface area (Å²) in [5.41, 5.74) is 3.88. The number of carbonyl (C=O) groups excluding carboxylic acids is 1. The molecule has 0 unspecified atom stereocenters. The number of phenols is 1. The van der Waals surface area contributed by atoms with Crippen LogP contribution in [0, 0.1) is 0 Å². The average Bonchev–Trinajstić information content (AvgIpc) is 2.56. The number of phenolic OH excluding ortho intramolecular Hbond substituents is 1. The maximum atomic E-state index is 12.0. The second kappa shape index (κ2) is 8.51. The topological polar surface area (TPSA) is 61.7 Å². The van der Waals surface area contributed by atoms with Crippen LogP contribution in [0.5, 0.6) is 5.75 Å². The lowest BCUT2D eigenvalue weighted by molar-refractivity contribution is 0.0952. The first kappa shape index (κ1) is 16.5. The fraction of sp³-hybridized carbons (Fsp3) is 0.125. The number of hydrogen-bond donors (Lipinski definition) is 2. The minimum atomic E-state index is -0.426. The molecule has 2 aromatic rings. The number of nitrogens with zero attached hydrogens (tertiary/aromatic N) is 1. The monoisotopic (exact) mass is 332 g/mol. The Morgan fingerprint density at radius 2 is 1.82 bits per heavy atom. The molecule has 0 saturated heterocycles. The van der Waals surface area contributed by atoms with Gasteiger partial charge in [-0.1, -0.05) is 54.2 Å². The smallest absolute Gasteiger partial charge is 0.275 e. The number of amides is 1. The molecule has 0 saturated carbocycles. The lowest BCUT2D eigenvalue weighted by Gasteiger charge is -2.05. The predicted octanol–water partition coefficient (Wildman–Crippen LogP) is 3.69. The standard InChI is InChI=1S/C16H16N2O2S2/c1-21-16(22-11-12-7-3-2-4-8-12)18-17-15(20)13-9-5-6-10-14(13)19/h2-10,19H,11H2,1H3,(H,17,20)/b18-16-. The van der Waals surface area contributed by atoms with Gasteiger partial charge in [-0.05, 0) is 24.0 Å². The molecule has 1 amide bonds. The number of aromatic hydroxyl groups is 1. The van der Waals surface area contributed by atoms with Gasteiger partial charge < -0.3 is 5.11 Å². The highest BCUT2D eigenvalue weighted by Crippen LogP contribution is 2.20. The van der Waals surface area contributed by atoms with E-state index in [4.69, 9.17) is 0 Å². The molecule has 0 heterocycles. The molecule has 0 aliphatic heterocycles. The van der Waals surface area contributed by atoms with Crippen LogP contribution in [0.15, 0.2) is 59.7 Å². The molecule has 0 aliphatic carbocycles. The molecule has 0 atom stereocenters. The summed E-state index contributed by atoms with van der Waals surface area (Å²) in [6.07, 6.45) is 1.91. The fourth-order valence-corrected chi connectivity index (χ4v) is 3.06. The predicted molar refractivity (Wildman–Crippen MR) is 94.3 cm³/mol. The average molecular weight is 332 g/mol. The first-order chi connectivity index (χ1) is 10.7. The first-order valence-corrected chi connectivity index (χ1v) is 8.78. The van der Waals surface area contributed by atoms with Crippen LogP contribution in [0.2, 0.25) is 0 Å². The van der Waals surface area contributed by atoms with Gasteiger partial charge in [-0.2, -0.15) is 5.10 Å². The molecule has 0 radical (unpaired) electrons. The molecule has 0 spiro atoms. The normalized spacial score (nSPS) is 11.2.